The lowest BCUT2D eigenvalue weighted by Crippen LogP contribution is -2.47. The van der Waals surface area contributed by atoms with Crippen LogP contribution in [0.1, 0.15) is 11.1 Å². The van der Waals surface area contributed by atoms with Crippen LogP contribution in [0, 0.1) is 6.92 Å². The van der Waals surface area contributed by atoms with Crippen molar-refractivity contribution in [2.75, 3.05) is 37.6 Å². The van der Waals surface area contributed by atoms with Crippen molar-refractivity contribution in [1.82, 2.24) is 14.9 Å². The van der Waals surface area contributed by atoms with E-state index in [0.29, 0.717) is 0 Å². The number of piperazine rings is 1. The van der Waals surface area contributed by atoms with Crippen molar-refractivity contribution >= 4 is 27.5 Å². The summed E-state index contributed by atoms with van der Waals surface area (Å²) in [6, 6.07) is 15.4. The zero-order chi connectivity index (χ0) is 18.2. The summed E-state index contributed by atoms with van der Waals surface area (Å²) in [5.41, 5.74) is 6.61. The predicted octanol–water partition coefficient (Wildman–Crippen LogP) is 4.32. The molecule has 0 amide bonds. The number of hydrogen-bond donors (Lipinski definition) is 2. The van der Waals surface area contributed by atoms with Gasteiger partial charge in [0.2, 0.25) is 0 Å². The quantitative estimate of drug-likeness (QED) is 0.570. The van der Waals surface area contributed by atoms with Crippen LogP contribution in [0.5, 0.6) is 0 Å². The molecule has 27 heavy (non-hydrogen) atoms. The van der Waals surface area contributed by atoms with E-state index in [2.05, 4.69) is 75.4 Å². The lowest BCUT2D eigenvalue weighted by Gasteiger charge is -2.36. The molecule has 0 saturated carbocycles. The molecule has 138 valence electrons. The highest BCUT2D eigenvalue weighted by molar-refractivity contribution is 5.92. The molecule has 1 fully saturated rings. The summed E-state index contributed by atoms with van der Waals surface area (Å²) in [6.07, 6.45) is 5.33. The van der Waals surface area contributed by atoms with Gasteiger partial charge < -0.3 is 14.9 Å². The van der Waals surface area contributed by atoms with Crippen molar-refractivity contribution in [3.05, 3.63) is 66.0 Å². The van der Waals surface area contributed by atoms with Gasteiger partial charge in [0.15, 0.2) is 0 Å². The van der Waals surface area contributed by atoms with Gasteiger partial charge in [-0.15, -0.1) is 0 Å². The highest BCUT2D eigenvalue weighted by atomic mass is 15.3. The molecule has 2 N–H and O–H groups in total. The van der Waals surface area contributed by atoms with Crippen LogP contribution in [0.3, 0.4) is 0 Å². The van der Waals surface area contributed by atoms with E-state index in [4.69, 9.17) is 0 Å². The summed E-state index contributed by atoms with van der Waals surface area (Å²) >= 11 is 0. The molecule has 0 spiro atoms. The van der Waals surface area contributed by atoms with Crippen LogP contribution in [0.2, 0.25) is 0 Å². The largest absolute Gasteiger partial charge is 0.368 e. The molecule has 1 aliphatic rings. The third-order valence-corrected chi connectivity index (χ3v) is 5.91. The summed E-state index contributed by atoms with van der Waals surface area (Å²) < 4.78 is 0. The summed E-state index contributed by atoms with van der Waals surface area (Å²) in [7, 11) is 0. The summed E-state index contributed by atoms with van der Waals surface area (Å²) in [5.74, 6) is 0. The minimum Gasteiger partial charge on any atom is -0.368 e. The Labute approximate surface area is 159 Å². The molecule has 0 unspecified atom stereocenters. The van der Waals surface area contributed by atoms with Crippen molar-refractivity contribution in [2.45, 2.75) is 13.3 Å². The summed E-state index contributed by atoms with van der Waals surface area (Å²) in [4.78, 5) is 11.9. The van der Waals surface area contributed by atoms with Gasteiger partial charge in [-0.1, -0.05) is 17.7 Å². The maximum atomic E-state index is 3.42. The molecular formula is C23H26N4. The minimum absolute atomic E-state index is 1.09. The molecule has 0 aliphatic carbocycles. The van der Waals surface area contributed by atoms with E-state index in [1.54, 1.807) is 0 Å². The number of anilines is 1. The lowest BCUT2D eigenvalue weighted by atomic mass is 10.1. The topological polar surface area (TPSA) is 38.1 Å². The molecular weight excluding hydrogens is 332 g/mol. The van der Waals surface area contributed by atoms with E-state index in [0.717, 1.165) is 39.1 Å². The van der Waals surface area contributed by atoms with Crippen LogP contribution in [-0.4, -0.2) is 47.6 Å². The first-order valence-corrected chi connectivity index (χ1v) is 9.88. The van der Waals surface area contributed by atoms with Crippen LogP contribution in [0.4, 0.5) is 5.69 Å². The van der Waals surface area contributed by atoms with Gasteiger partial charge >= 0.3 is 0 Å². The van der Waals surface area contributed by atoms with Crippen molar-refractivity contribution in [3.8, 4) is 0 Å². The van der Waals surface area contributed by atoms with E-state index in [1.165, 1.54) is 38.6 Å². The number of aromatic amines is 2. The SMILES string of the molecule is Cc1ccc2[nH]cc(CCN3CCN(c4cccc5[nH]ccc45)CC3)c2c1. The number of nitrogens with one attached hydrogen (secondary N) is 2. The second-order valence-corrected chi connectivity index (χ2v) is 7.66. The van der Waals surface area contributed by atoms with E-state index >= 15 is 0 Å². The number of aryl methyl sites for hydroxylation is 1. The monoisotopic (exact) mass is 358 g/mol. The molecule has 5 rings (SSSR count). The standard InChI is InChI=1S/C23H26N4/c1-17-5-6-22-20(15-17)18(16-25-22)8-10-26-11-13-27(14-12-26)23-4-2-3-21-19(23)7-9-24-21/h2-7,9,15-16,24-25H,8,10-14H2,1H3. The summed E-state index contributed by atoms with van der Waals surface area (Å²) in [5, 5.41) is 2.72. The fourth-order valence-electron chi connectivity index (χ4n) is 4.33. The molecule has 4 nitrogen and oxygen atoms in total. The minimum atomic E-state index is 1.09. The van der Waals surface area contributed by atoms with Gasteiger partial charge in [0.25, 0.3) is 0 Å². The van der Waals surface area contributed by atoms with Crippen molar-refractivity contribution < 1.29 is 0 Å². The first kappa shape index (κ1) is 16.5. The maximum Gasteiger partial charge on any atom is 0.0474 e. The van der Waals surface area contributed by atoms with Crippen molar-refractivity contribution in [1.29, 1.82) is 0 Å². The van der Waals surface area contributed by atoms with Gasteiger partial charge in [0, 0.05) is 72.6 Å². The van der Waals surface area contributed by atoms with Gasteiger partial charge in [-0.3, -0.25) is 4.90 Å². The lowest BCUT2D eigenvalue weighted by molar-refractivity contribution is 0.261. The first-order chi connectivity index (χ1) is 13.3. The Morgan fingerprint density at radius 3 is 2.63 bits per heavy atom. The molecule has 3 heterocycles. The van der Waals surface area contributed by atoms with Crippen molar-refractivity contribution in [3.63, 3.8) is 0 Å². The Morgan fingerprint density at radius 2 is 1.74 bits per heavy atom. The number of hydrogen-bond acceptors (Lipinski definition) is 2. The third kappa shape index (κ3) is 3.10. The van der Waals surface area contributed by atoms with Crippen molar-refractivity contribution in [2.24, 2.45) is 0 Å². The number of H-pyrrole nitrogens is 2. The number of nitrogens with zero attached hydrogens (tertiary/aromatic N) is 2. The highest BCUT2D eigenvalue weighted by Gasteiger charge is 2.19. The number of benzene rings is 2. The highest BCUT2D eigenvalue weighted by Crippen LogP contribution is 2.27. The maximum absolute atomic E-state index is 3.42. The number of fused-ring (bicyclic) bond motifs is 2. The Bertz CT molecular complexity index is 1070. The normalized spacial score (nSPS) is 15.8. The van der Waals surface area contributed by atoms with Crippen LogP contribution in [0.25, 0.3) is 21.8 Å². The Morgan fingerprint density at radius 1 is 0.889 bits per heavy atom. The molecule has 0 atom stereocenters. The molecule has 2 aromatic carbocycles. The molecule has 1 saturated heterocycles. The van der Waals surface area contributed by atoms with Crippen LogP contribution < -0.4 is 4.90 Å². The second-order valence-electron chi connectivity index (χ2n) is 7.66. The van der Waals surface area contributed by atoms with E-state index in [9.17, 15) is 0 Å². The first-order valence-electron chi connectivity index (χ1n) is 9.88. The van der Waals surface area contributed by atoms with E-state index in [1.807, 2.05) is 6.20 Å². The molecule has 0 radical (unpaired) electrons. The number of rotatable bonds is 4. The zero-order valence-electron chi connectivity index (χ0n) is 15.8. The zero-order valence-corrected chi connectivity index (χ0v) is 15.8. The van der Waals surface area contributed by atoms with E-state index in [-0.39, 0.29) is 0 Å². The Balaban J connectivity index is 1.23. The van der Waals surface area contributed by atoms with E-state index < -0.39 is 0 Å². The van der Waals surface area contributed by atoms with Gasteiger partial charge in [0.05, 0.1) is 0 Å². The van der Waals surface area contributed by atoms with Gasteiger partial charge in [-0.25, -0.2) is 0 Å². The van der Waals surface area contributed by atoms with Crippen LogP contribution in [0.15, 0.2) is 54.9 Å². The van der Waals surface area contributed by atoms with Gasteiger partial charge in [-0.2, -0.15) is 0 Å². The second kappa shape index (κ2) is 6.78. The van der Waals surface area contributed by atoms with Gasteiger partial charge in [0.1, 0.15) is 0 Å². The Hall–Kier alpha value is -2.72. The average molecular weight is 358 g/mol. The molecule has 4 heteroatoms. The third-order valence-electron chi connectivity index (χ3n) is 5.91. The fraction of sp³-hybridized carbons (Fsp3) is 0.304. The molecule has 1 aliphatic heterocycles. The number of aromatic nitrogens is 2. The van der Waals surface area contributed by atoms with Crippen LogP contribution in [-0.2, 0) is 6.42 Å². The smallest absolute Gasteiger partial charge is 0.0474 e. The molecule has 4 aromatic rings. The fourth-order valence-corrected chi connectivity index (χ4v) is 4.33. The summed E-state index contributed by atoms with van der Waals surface area (Å²) in [6.45, 7) is 7.74. The molecule has 0 bridgehead atoms. The average Bonchev–Trinajstić information content (AvgIpc) is 3.33. The van der Waals surface area contributed by atoms with Crippen LogP contribution >= 0.6 is 0 Å². The molecule has 2 aromatic heterocycles. The van der Waals surface area contributed by atoms with Gasteiger partial charge in [-0.05, 0) is 49.2 Å². The Kier molecular flexibility index (Phi) is 4.13. The predicted molar refractivity (Wildman–Crippen MR) is 114 cm³/mol.